The van der Waals surface area contributed by atoms with E-state index in [1.807, 2.05) is 13.8 Å². The molecule has 0 aromatic carbocycles. The van der Waals surface area contributed by atoms with E-state index in [0.717, 1.165) is 0 Å². The second-order valence-corrected chi connectivity index (χ2v) is 6.02. The minimum Gasteiger partial charge on any atom is -0.459 e. The average molecular weight is 296 g/mol. The van der Waals surface area contributed by atoms with Crippen LogP contribution in [-0.4, -0.2) is 36.4 Å². The van der Waals surface area contributed by atoms with Crippen LogP contribution >= 0.6 is 0 Å². The van der Waals surface area contributed by atoms with Crippen molar-refractivity contribution in [2.75, 3.05) is 18.5 Å². The van der Waals surface area contributed by atoms with Crippen molar-refractivity contribution < 1.29 is 23.6 Å². The van der Waals surface area contributed by atoms with E-state index in [4.69, 9.17) is 14.0 Å². The van der Waals surface area contributed by atoms with Gasteiger partial charge in [-0.2, -0.15) is 0 Å². The molecular weight excluding hydrogens is 276 g/mol. The van der Waals surface area contributed by atoms with Crippen molar-refractivity contribution in [1.29, 1.82) is 0 Å². The zero-order valence-electron chi connectivity index (χ0n) is 12.5. The fraction of sp³-hybridized carbons (Fsp3) is 0.643. The summed E-state index contributed by atoms with van der Waals surface area (Å²) >= 11 is 0. The molecule has 21 heavy (non-hydrogen) atoms. The number of amides is 1. The number of carbonyl (C=O) groups is 2. The maximum Gasteiger partial charge on any atom is 0.293 e. The third-order valence-corrected chi connectivity index (χ3v) is 3.63. The third-order valence-electron chi connectivity index (χ3n) is 3.63. The SMILES string of the molecule is CC(=O)Nc1cc(C(C)(C)CC2(OC=O)CCOC2)no1. The predicted molar refractivity (Wildman–Crippen MR) is 73.8 cm³/mol. The van der Waals surface area contributed by atoms with Crippen LogP contribution in [0.15, 0.2) is 10.6 Å². The topological polar surface area (TPSA) is 90.7 Å². The molecule has 0 bridgehead atoms. The van der Waals surface area contributed by atoms with Gasteiger partial charge in [0.05, 0.1) is 18.9 Å². The van der Waals surface area contributed by atoms with Crippen molar-refractivity contribution in [1.82, 2.24) is 5.16 Å². The second kappa shape index (κ2) is 5.85. The number of hydrogen-bond acceptors (Lipinski definition) is 6. The van der Waals surface area contributed by atoms with Crippen LogP contribution in [-0.2, 0) is 24.5 Å². The number of ether oxygens (including phenoxy) is 2. The van der Waals surface area contributed by atoms with E-state index in [0.29, 0.717) is 44.1 Å². The van der Waals surface area contributed by atoms with Gasteiger partial charge in [-0.25, -0.2) is 0 Å². The van der Waals surface area contributed by atoms with E-state index in [2.05, 4.69) is 10.5 Å². The zero-order valence-corrected chi connectivity index (χ0v) is 12.5. The van der Waals surface area contributed by atoms with E-state index in [9.17, 15) is 9.59 Å². The van der Waals surface area contributed by atoms with Crippen molar-refractivity contribution in [2.45, 2.75) is 44.6 Å². The summed E-state index contributed by atoms with van der Waals surface area (Å²) in [7, 11) is 0. The summed E-state index contributed by atoms with van der Waals surface area (Å²) in [5.41, 5.74) is -0.331. The molecule has 1 atom stereocenters. The first-order valence-electron chi connectivity index (χ1n) is 6.81. The van der Waals surface area contributed by atoms with Gasteiger partial charge < -0.3 is 14.0 Å². The molecule has 1 aromatic heterocycles. The Labute approximate surface area is 123 Å². The van der Waals surface area contributed by atoms with Crippen molar-refractivity contribution in [3.63, 3.8) is 0 Å². The van der Waals surface area contributed by atoms with Crippen molar-refractivity contribution >= 4 is 18.3 Å². The summed E-state index contributed by atoms with van der Waals surface area (Å²) < 4.78 is 15.7. The highest BCUT2D eigenvalue weighted by molar-refractivity contribution is 5.87. The minimum absolute atomic E-state index is 0.222. The standard InChI is InChI=1S/C14H20N2O5/c1-10(18)15-12-6-11(16-21-12)13(2,3)7-14(20-9-17)4-5-19-8-14/h6,9H,4-5,7-8H2,1-3H3,(H,15,18). The summed E-state index contributed by atoms with van der Waals surface area (Å²) in [5.74, 6) is 0.0825. The Balaban J connectivity index is 2.14. The lowest BCUT2D eigenvalue weighted by molar-refractivity contribution is -0.145. The number of nitrogens with one attached hydrogen (secondary N) is 1. The highest BCUT2D eigenvalue weighted by atomic mass is 16.6. The van der Waals surface area contributed by atoms with Crippen LogP contribution in [0.4, 0.5) is 5.88 Å². The molecule has 0 spiro atoms. The minimum atomic E-state index is -0.627. The maximum absolute atomic E-state index is 11.0. The molecule has 1 amide bonds. The first kappa shape index (κ1) is 15.5. The van der Waals surface area contributed by atoms with E-state index >= 15 is 0 Å². The third kappa shape index (κ3) is 3.60. The van der Waals surface area contributed by atoms with Gasteiger partial charge in [-0.15, -0.1) is 0 Å². The smallest absolute Gasteiger partial charge is 0.293 e. The van der Waals surface area contributed by atoms with Gasteiger partial charge in [-0.3, -0.25) is 14.9 Å². The van der Waals surface area contributed by atoms with Gasteiger partial charge in [0, 0.05) is 31.2 Å². The molecule has 1 aliphatic heterocycles. The van der Waals surface area contributed by atoms with Gasteiger partial charge in [-0.05, 0) is 0 Å². The molecule has 0 aliphatic carbocycles. The highest BCUT2D eigenvalue weighted by Crippen LogP contribution is 2.38. The molecule has 1 unspecified atom stereocenters. The Hall–Kier alpha value is -1.89. The number of aromatic nitrogens is 1. The van der Waals surface area contributed by atoms with Gasteiger partial charge in [0.15, 0.2) is 0 Å². The summed E-state index contributed by atoms with van der Waals surface area (Å²) in [5, 5.41) is 6.55. The zero-order chi connectivity index (χ0) is 15.5. The fourth-order valence-corrected chi connectivity index (χ4v) is 2.69. The molecule has 1 aromatic rings. The molecule has 7 heteroatoms. The molecule has 1 saturated heterocycles. The van der Waals surface area contributed by atoms with E-state index in [-0.39, 0.29) is 5.91 Å². The molecular formula is C14H20N2O5. The summed E-state index contributed by atoms with van der Waals surface area (Å²) in [6.07, 6.45) is 1.22. The Morgan fingerprint density at radius 2 is 2.38 bits per heavy atom. The summed E-state index contributed by atoms with van der Waals surface area (Å²) in [6, 6.07) is 1.69. The molecule has 7 nitrogen and oxygen atoms in total. The average Bonchev–Trinajstić information content (AvgIpc) is 2.98. The highest BCUT2D eigenvalue weighted by Gasteiger charge is 2.43. The lowest BCUT2D eigenvalue weighted by atomic mass is 9.77. The molecule has 116 valence electrons. The number of nitrogens with zero attached hydrogens (tertiary/aromatic N) is 1. The Morgan fingerprint density at radius 3 is 2.95 bits per heavy atom. The predicted octanol–water partition coefficient (Wildman–Crippen LogP) is 1.63. The first-order chi connectivity index (χ1) is 9.87. The summed E-state index contributed by atoms with van der Waals surface area (Å²) in [6.45, 7) is 6.78. The maximum atomic E-state index is 11.0. The van der Waals surface area contributed by atoms with Crippen molar-refractivity contribution in [3.8, 4) is 0 Å². The molecule has 1 fully saturated rings. The van der Waals surface area contributed by atoms with E-state index in [1.54, 1.807) is 6.07 Å². The Morgan fingerprint density at radius 1 is 1.62 bits per heavy atom. The second-order valence-electron chi connectivity index (χ2n) is 6.02. The molecule has 0 saturated carbocycles. The normalized spacial score (nSPS) is 22.0. The van der Waals surface area contributed by atoms with Gasteiger partial charge in [0.1, 0.15) is 5.60 Å². The van der Waals surface area contributed by atoms with Crippen LogP contribution in [0.2, 0.25) is 0 Å². The van der Waals surface area contributed by atoms with Crippen LogP contribution < -0.4 is 5.32 Å². The number of anilines is 1. The Bertz CT molecular complexity index is 517. The van der Waals surface area contributed by atoms with Crippen LogP contribution in [0.25, 0.3) is 0 Å². The first-order valence-corrected chi connectivity index (χ1v) is 6.81. The largest absolute Gasteiger partial charge is 0.459 e. The Kier molecular flexibility index (Phi) is 4.32. The summed E-state index contributed by atoms with van der Waals surface area (Å²) in [4.78, 5) is 21.8. The van der Waals surface area contributed by atoms with Crippen molar-refractivity contribution in [3.05, 3.63) is 11.8 Å². The number of hydrogen-bond donors (Lipinski definition) is 1. The molecule has 2 rings (SSSR count). The number of carbonyl (C=O) groups excluding carboxylic acids is 2. The van der Waals surface area contributed by atoms with Crippen molar-refractivity contribution in [2.24, 2.45) is 0 Å². The molecule has 1 aliphatic rings. The monoisotopic (exact) mass is 296 g/mol. The van der Waals surface area contributed by atoms with Crippen LogP contribution in [0.1, 0.15) is 39.3 Å². The van der Waals surface area contributed by atoms with Crippen LogP contribution in [0.5, 0.6) is 0 Å². The van der Waals surface area contributed by atoms with E-state index in [1.165, 1.54) is 6.92 Å². The molecule has 1 N–H and O–H groups in total. The van der Waals surface area contributed by atoms with Gasteiger partial charge in [-0.1, -0.05) is 19.0 Å². The van der Waals surface area contributed by atoms with Crippen LogP contribution in [0, 0.1) is 0 Å². The number of rotatable bonds is 6. The van der Waals surface area contributed by atoms with Crippen LogP contribution in [0.3, 0.4) is 0 Å². The molecule has 2 heterocycles. The van der Waals surface area contributed by atoms with Gasteiger partial charge in [0.25, 0.3) is 6.47 Å². The van der Waals surface area contributed by atoms with Gasteiger partial charge in [0.2, 0.25) is 11.8 Å². The fourth-order valence-electron chi connectivity index (χ4n) is 2.69. The van der Waals surface area contributed by atoms with E-state index < -0.39 is 11.0 Å². The van der Waals surface area contributed by atoms with Gasteiger partial charge >= 0.3 is 0 Å². The molecule has 0 radical (unpaired) electrons. The lowest BCUT2D eigenvalue weighted by Crippen LogP contribution is -2.39. The lowest BCUT2D eigenvalue weighted by Gasteiger charge is -2.33. The quantitative estimate of drug-likeness (QED) is 0.802.